The van der Waals surface area contributed by atoms with Crippen molar-refractivity contribution in [2.24, 2.45) is 0 Å². The van der Waals surface area contributed by atoms with E-state index in [2.05, 4.69) is 0 Å². The molecule has 1 aromatic carbocycles. The van der Waals surface area contributed by atoms with Crippen LogP contribution in [0.3, 0.4) is 0 Å². The number of benzene rings is 1. The SMILES string of the molecule is CC=CC(=O)N1CCCN1C(=O)C1(c2ccc(OC)cc2)CC1. The molecule has 23 heavy (non-hydrogen) atoms. The number of amides is 2. The van der Waals surface area contributed by atoms with E-state index < -0.39 is 5.41 Å². The van der Waals surface area contributed by atoms with Gasteiger partial charge in [-0.2, -0.15) is 0 Å². The van der Waals surface area contributed by atoms with Crippen LogP contribution in [0.25, 0.3) is 0 Å². The Labute approximate surface area is 136 Å². The number of hydrogen-bond donors (Lipinski definition) is 0. The molecule has 5 nitrogen and oxygen atoms in total. The molecule has 1 aliphatic carbocycles. The van der Waals surface area contributed by atoms with E-state index in [1.165, 1.54) is 6.08 Å². The van der Waals surface area contributed by atoms with Crippen molar-refractivity contribution in [2.75, 3.05) is 20.2 Å². The predicted octanol–water partition coefficient (Wildman–Crippen LogP) is 2.28. The van der Waals surface area contributed by atoms with Crippen molar-refractivity contribution in [3.63, 3.8) is 0 Å². The first-order chi connectivity index (χ1) is 11.1. The van der Waals surface area contributed by atoms with E-state index in [0.29, 0.717) is 13.1 Å². The van der Waals surface area contributed by atoms with Crippen molar-refractivity contribution in [2.45, 2.75) is 31.6 Å². The van der Waals surface area contributed by atoms with Crippen LogP contribution in [0.2, 0.25) is 0 Å². The topological polar surface area (TPSA) is 49.9 Å². The molecule has 0 spiro atoms. The molecule has 2 aliphatic rings. The molecule has 0 aromatic heterocycles. The average Bonchev–Trinajstić information content (AvgIpc) is 3.24. The second kappa shape index (κ2) is 6.07. The molecule has 0 N–H and O–H groups in total. The normalized spacial score (nSPS) is 19.2. The molecule has 5 heteroatoms. The van der Waals surface area contributed by atoms with Crippen molar-refractivity contribution < 1.29 is 14.3 Å². The van der Waals surface area contributed by atoms with Gasteiger partial charge in [-0.05, 0) is 43.9 Å². The van der Waals surface area contributed by atoms with E-state index in [9.17, 15) is 9.59 Å². The predicted molar refractivity (Wildman–Crippen MR) is 86.8 cm³/mol. The van der Waals surface area contributed by atoms with Crippen LogP contribution in [-0.4, -0.2) is 42.0 Å². The minimum atomic E-state index is -0.467. The maximum Gasteiger partial charge on any atom is 0.264 e. The fraction of sp³-hybridized carbons (Fsp3) is 0.444. The first kappa shape index (κ1) is 15.6. The second-order valence-electron chi connectivity index (χ2n) is 6.05. The highest BCUT2D eigenvalue weighted by Crippen LogP contribution is 2.50. The second-order valence-corrected chi connectivity index (χ2v) is 6.05. The number of hydrazine groups is 1. The Balaban J connectivity index is 1.82. The third kappa shape index (κ3) is 2.71. The number of ether oxygens (including phenoxy) is 1. The van der Waals surface area contributed by atoms with Gasteiger partial charge in [0.15, 0.2) is 0 Å². The van der Waals surface area contributed by atoms with E-state index in [-0.39, 0.29) is 11.8 Å². The minimum absolute atomic E-state index is 0.0398. The summed E-state index contributed by atoms with van der Waals surface area (Å²) in [5.41, 5.74) is 0.541. The Kier molecular flexibility index (Phi) is 4.11. The molecule has 1 saturated carbocycles. The highest BCUT2D eigenvalue weighted by molar-refractivity contribution is 5.95. The zero-order chi connectivity index (χ0) is 16.4. The summed E-state index contributed by atoms with van der Waals surface area (Å²) >= 11 is 0. The number of methoxy groups -OCH3 is 1. The standard InChI is InChI=1S/C18H22N2O3/c1-3-5-16(21)19-12-4-13-20(19)17(22)18(10-11-18)14-6-8-15(23-2)9-7-14/h3,5-9H,4,10-13H2,1-2H3. The number of carbonyl (C=O) groups excluding carboxylic acids is 2. The molecule has 122 valence electrons. The Morgan fingerprint density at radius 2 is 1.78 bits per heavy atom. The largest absolute Gasteiger partial charge is 0.497 e. The van der Waals surface area contributed by atoms with Crippen molar-refractivity contribution in [1.29, 1.82) is 0 Å². The van der Waals surface area contributed by atoms with Gasteiger partial charge in [-0.25, -0.2) is 5.01 Å². The van der Waals surface area contributed by atoms with Gasteiger partial charge >= 0.3 is 0 Å². The van der Waals surface area contributed by atoms with E-state index >= 15 is 0 Å². The number of rotatable bonds is 4. The van der Waals surface area contributed by atoms with Crippen LogP contribution in [0.1, 0.15) is 31.7 Å². The molecule has 0 atom stereocenters. The molecule has 1 saturated heterocycles. The van der Waals surface area contributed by atoms with Gasteiger partial charge in [-0.15, -0.1) is 0 Å². The first-order valence-electron chi connectivity index (χ1n) is 8.03. The van der Waals surface area contributed by atoms with Crippen molar-refractivity contribution in [3.05, 3.63) is 42.0 Å². The summed E-state index contributed by atoms with van der Waals surface area (Å²) in [5.74, 6) is 0.699. The van der Waals surface area contributed by atoms with Crippen LogP contribution in [-0.2, 0) is 15.0 Å². The Hall–Kier alpha value is -2.30. The van der Waals surface area contributed by atoms with Gasteiger partial charge in [-0.3, -0.25) is 14.6 Å². The lowest BCUT2D eigenvalue weighted by Gasteiger charge is -2.30. The zero-order valence-electron chi connectivity index (χ0n) is 13.6. The van der Waals surface area contributed by atoms with Crippen LogP contribution >= 0.6 is 0 Å². The molecule has 2 fully saturated rings. The third-order valence-corrected chi connectivity index (χ3v) is 4.63. The summed E-state index contributed by atoms with van der Waals surface area (Å²) in [6.45, 7) is 3.02. The van der Waals surface area contributed by atoms with Crippen LogP contribution in [0.5, 0.6) is 5.75 Å². The number of hydrogen-bond acceptors (Lipinski definition) is 3. The molecule has 0 bridgehead atoms. The zero-order valence-corrected chi connectivity index (χ0v) is 13.6. The Morgan fingerprint density at radius 1 is 1.13 bits per heavy atom. The molecule has 2 amide bonds. The lowest BCUT2D eigenvalue weighted by atomic mass is 9.94. The molecular weight excluding hydrogens is 292 g/mol. The molecule has 1 aromatic rings. The molecule has 0 radical (unpaired) electrons. The van der Waals surface area contributed by atoms with Gasteiger partial charge in [0, 0.05) is 19.2 Å². The Bertz CT molecular complexity index is 632. The van der Waals surface area contributed by atoms with Crippen molar-refractivity contribution in [1.82, 2.24) is 10.0 Å². The summed E-state index contributed by atoms with van der Waals surface area (Å²) in [7, 11) is 1.63. The summed E-state index contributed by atoms with van der Waals surface area (Å²) in [6, 6.07) is 7.68. The van der Waals surface area contributed by atoms with Gasteiger partial charge in [0.05, 0.1) is 12.5 Å². The third-order valence-electron chi connectivity index (χ3n) is 4.63. The van der Waals surface area contributed by atoms with Gasteiger partial charge in [0.25, 0.3) is 11.8 Å². The van der Waals surface area contributed by atoms with E-state index in [4.69, 9.17) is 4.74 Å². The van der Waals surface area contributed by atoms with Crippen LogP contribution in [0.4, 0.5) is 0 Å². The van der Waals surface area contributed by atoms with E-state index in [1.807, 2.05) is 24.3 Å². The fourth-order valence-corrected chi connectivity index (χ4v) is 3.19. The average molecular weight is 314 g/mol. The van der Waals surface area contributed by atoms with Crippen LogP contribution in [0, 0.1) is 0 Å². The highest BCUT2D eigenvalue weighted by atomic mass is 16.5. The number of allylic oxidation sites excluding steroid dienone is 1. The Morgan fingerprint density at radius 3 is 2.35 bits per heavy atom. The molecule has 1 aliphatic heterocycles. The van der Waals surface area contributed by atoms with Crippen molar-refractivity contribution >= 4 is 11.8 Å². The minimum Gasteiger partial charge on any atom is -0.497 e. The lowest BCUT2D eigenvalue weighted by Crippen LogP contribution is -2.48. The van der Waals surface area contributed by atoms with Gasteiger partial charge < -0.3 is 4.74 Å². The maximum absolute atomic E-state index is 13.1. The fourth-order valence-electron chi connectivity index (χ4n) is 3.19. The maximum atomic E-state index is 13.1. The lowest BCUT2D eigenvalue weighted by molar-refractivity contribution is -0.156. The number of carbonyl (C=O) groups is 2. The van der Waals surface area contributed by atoms with Gasteiger partial charge in [-0.1, -0.05) is 18.2 Å². The highest BCUT2D eigenvalue weighted by Gasteiger charge is 2.54. The number of nitrogens with zero attached hydrogens (tertiary/aromatic N) is 2. The van der Waals surface area contributed by atoms with E-state index in [1.54, 1.807) is 30.1 Å². The first-order valence-corrected chi connectivity index (χ1v) is 8.03. The molecule has 3 rings (SSSR count). The van der Waals surface area contributed by atoms with Crippen LogP contribution < -0.4 is 4.74 Å². The quantitative estimate of drug-likeness (QED) is 0.801. The molecule has 1 heterocycles. The molecular formula is C18H22N2O3. The monoisotopic (exact) mass is 314 g/mol. The summed E-state index contributed by atoms with van der Waals surface area (Å²) in [4.78, 5) is 25.2. The summed E-state index contributed by atoms with van der Waals surface area (Å²) in [6.07, 6.45) is 5.71. The van der Waals surface area contributed by atoms with Crippen molar-refractivity contribution in [3.8, 4) is 5.75 Å². The van der Waals surface area contributed by atoms with Gasteiger partial charge in [0.2, 0.25) is 0 Å². The summed E-state index contributed by atoms with van der Waals surface area (Å²) in [5, 5.41) is 3.21. The molecule has 0 unspecified atom stereocenters. The smallest absolute Gasteiger partial charge is 0.264 e. The van der Waals surface area contributed by atoms with Gasteiger partial charge in [0.1, 0.15) is 5.75 Å². The summed E-state index contributed by atoms with van der Waals surface area (Å²) < 4.78 is 5.18. The van der Waals surface area contributed by atoms with E-state index in [0.717, 1.165) is 30.6 Å². The van der Waals surface area contributed by atoms with Crippen LogP contribution in [0.15, 0.2) is 36.4 Å².